The molecular weight excluding hydrogens is 192 g/mol. The van der Waals surface area contributed by atoms with E-state index in [4.69, 9.17) is 5.84 Å². The second kappa shape index (κ2) is 6.49. The Hall–Kier alpha value is 0.01000. The van der Waals surface area contributed by atoms with E-state index in [0.29, 0.717) is 10.8 Å². The van der Waals surface area contributed by atoms with Crippen molar-refractivity contribution in [2.24, 2.45) is 5.84 Å². The van der Waals surface area contributed by atoms with Crippen molar-refractivity contribution in [2.45, 2.75) is 51.3 Å². The molecule has 1 unspecified atom stereocenters. The van der Waals surface area contributed by atoms with Crippen molar-refractivity contribution in [3.05, 3.63) is 12.2 Å². The smallest absolute Gasteiger partial charge is 0.0304 e. The molecule has 0 aromatic heterocycles. The van der Waals surface area contributed by atoms with Crippen LogP contribution in [0.4, 0.5) is 0 Å². The number of thioether (sulfide) groups is 1. The Labute approximate surface area is 92.7 Å². The summed E-state index contributed by atoms with van der Waals surface area (Å²) in [4.78, 5) is 0. The maximum absolute atomic E-state index is 5.50. The molecule has 0 aliphatic heterocycles. The molecule has 0 heterocycles. The molecule has 0 bridgehead atoms. The lowest BCUT2D eigenvalue weighted by molar-refractivity contribution is 0.536. The number of hydrazine groups is 1. The number of hydrogen-bond acceptors (Lipinski definition) is 3. The minimum atomic E-state index is 0.318. The van der Waals surface area contributed by atoms with Crippen molar-refractivity contribution in [3.63, 3.8) is 0 Å². The third-order valence-electron chi connectivity index (χ3n) is 1.87. The summed E-state index contributed by atoms with van der Waals surface area (Å²) in [5, 5.41) is 0. The predicted octanol–water partition coefficient (Wildman–Crippen LogP) is 2.71. The number of hydrogen-bond donors (Lipinski definition) is 2. The molecule has 3 N–H and O–H groups in total. The van der Waals surface area contributed by atoms with E-state index in [9.17, 15) is 0 Å². The monoisotopic (exact) mass is 216 g/mol. The highest BCUT2D eigenvalue weighted by atomic mass is 32.2. The molecule has 0 radical (unpaired) electrons. The molecule has 0 aromatic carbocycles. The Morgan fingerprint density at radius 1 is 1.50 bits per heavy atom. The number of nitrogens with two attached hydrogens (primary N) is 1. The Balaban J connectivity index is 3.74. The predicted molar refractivity (Wildman–Crippen MR) is 67.4 cm³/mol. The first-order valence-corrected chi connectivity index (χ1v) is 6.08. The van der Waals surface area contributed by atoms with Gasteiger partial charge in [0.1, 0.15) is 0 Å². The van der Waals surface area contributed by atoms with Crippen LogP contribution in [0.2, 0.25) is 0 Å². The van der Waals surface area contributed by atoms with Gasteiger partial charge in [0.15, 0.2) is 0 Å². The highest BCUT2D eigenvalue weighted by molar-refractivity contribution is 8.00. The highest BCUT2D eigenvalue weighted by Gasteiger charge is 2.14. The molecule has 0 amide bonds. The summed E-state index contributed by atoms with van der Waals surface area (Å²) in [6, 6.07) is 0.399. The Kier molecular flexibility index (Phi) is 6.49. The van der Waals surface area contributed by atoms with E-state index in [1.165, 1.54) is 5.57 Å². The van der Waals surface area contributed by atoms with Crippen molar-refractivity contribution in [1.82, 2.24) is 5.43 Å². The second-order valence-electron chi connectivity index (χ2n) is 4.78. The molecule has 0 aliphatic rings. The molecule has 3 heteroatoms. The summed E-state index contributed by atoms with van der Waals surface area (Å²) in [7, 11) is 0. The zero-order valence-electron chi connectivity index (χ0n) is 9.89. The molecule has 0 saturated carbocycles. The Morgan fingerprint density at radius 2 is 2.07 bits per heavy atom. The Bertz CT molecular complexity index is 173. The average molecular weight is 216 g/mol. The number of nitrogens with one attached hydrogen (secondary N) is 1. The third kappa shape index (κ3) is 8.60. The summed E-state index contributed by atoms with van der Waals surface area (Å²) >= 11 is 1.95. The zero-order valence-corrected chi connectivity index (χ0v) is 10.7. The summed E-state index contributed by atoms with van der Waals surface area (Å²) in [5.41, 5.74) is 4.10. The SMILES string of the molecule is C=C(C)CCC(CSC(C)(C)C)NN. The Morgan fingerprint density at radius 3 is 2.43 bits per heavy atom. The molecule has 14 heavy (non-hydrogen) atoms. The fraction of sp³-hybridized carbons (Fsp3) is 0.818. The molecule has 0 rings (SSSR count). The first-order valence-electron chi connectivity index (χ1n) is 5.09. The van der Waals surface area contributed by atoms with Crippen molar-refractivity contribution >= 4 is 11.8 Å². The summed E-state index contributed by atoms with van der Waals surface area (Å²) < 4.78 is 0.318. The van der Waals surface area contributed by atoms with Crippen LogP contribution in [-0.2, 0) is 0 Å². The van der Waals surface area contributed by atoms with Crippen molar-refractivity contribution in [1.29, 1.82) is 0 Å². The minimum absolute atomic E-state index is 0.318. The summed E-state index contributed by atoms with van der Waals surface area (Å²) in [5.74, 6) is 6.56. The second-order valence-corrected chi connectivity index (χ2v) is 6.63. The van der Waals surface area contributed by atoms with Gasteiger partial charge in [-0.15, -0.1) is 6.58 Å². The lowest BCUT2D eigenvalue weighted by atomic mass is 10.1. The largest absolute Gasteiger partial charge is 0.271 e. The van der Waals surface area contributed by atoms with Gasteiger partial charge in [0, 0.05) is 16.5 Å². The minimum Gasteiger partial charge on any atom is -0.271 e. The van der Waals surface area contributed by atoms with E-state index in [0.717, 1.165) is 18.6 Å². The van der Waals surface area contributed by atoms with Crippen LogP contribution in [0.3, 0.4) is 0 Å². The van der Waals surface area contributed by atoms with Gasteiger partial charge in [0.25, 0.3) is 0 Å². The van der Waals surface area contributed by atoms with Crippen LogP contribution in [0.15, 0.2) is 12.2 Å². The molecule has 0 saturated heterocycles. The molecule has 84 valence electrons. The van der Waals surface area contributed by atoms with Crippen molar-refractivity contribution in [3.8, 4) is 0 Å². The van der Waals surface area contributed by atoms with Crippen LogP contribution >= 0.6 is 11.8 Å². The van der Waals surface area contributed by atoms with Crippen LogP contribution in [0.1, 0.15) is 40.5 Å². The lowest BCUT2D eigenvalue weighted by Gasteiger charge is -2.22. The highest BCUT2D eigenvalue weighted by Crippen LogP contribution is 2.24. The van der Waals surface area contributed by atoms with E-state index in [-0.39, 0.29) is 0 Å². The van der Waals surface area contributed by atoms with E-state index in [1.54, 1.807) is 0 Å². The van der Waals surface area contributed by atoms with Crippen LogP contribution in [-0.4, -0.2) is 16.5 Å². The number of allylic oxidation sites excluding steroid dienone is 1. The van der Waals surface area contributed by atoms with Gasteiger partial charge >= 0.3 is 0 Å². The van der Waals surface area contributed by atoms with Gasteiger partial charge in [-0.2, -0.15) is 11.8 Å². The van der Waals surface area contributed by atoms with Crippen molar-refractivity contribution < 1.29 is 0 Å². The van der Waals surface area contributed by atoms with Gasteiger partial charge in [-0.3, -0.25) is 11.3 Å². The van der Waals surface area contributed by atoms with Crippen LogP contribution < -0.4 is 11.3 Å². The normalized spacial score (nSPS) is 14.1. The number of rotatable bonds is 6. The van der Waals surface area contributed by atoms with Crippen molar-refractivity contribution in [2.75, 3.05) is 5.75 Å². The lowest BCUT2D eigenvalue weighted by Crippen LogP contribution is -2.37. The van der Waals surface area contributed by atoms with E-state index in [2.05, 4.69) is 39.7 Å². The van der Waals surface area contributed by atoms with Gasteiger partial charge in [0.05, 0.1) is 0 Å². The quantitative estimate of drug-likeness (QED) is 0.407. The summed E-state index contributed by atoms with van der Waals surface area (Å²) in [6.45, 7) is 12.6. The van der Waals surface area contributed by atoms with Crippen LogP contribution in [0.5, 0.6) is 0 Å². The van der Waals surface area contributed by atoms with Crippen LogP contribution in [0.25, 0.3) is 0 Å². The van der Waals surface area contributed by atoms with E-state index < -0.39 is 0 Å². The fourth-order valence-electron chi connectivity index (χ4n) is 0.986. The molecule has 0 spiro atoms. The molecule has 2 nitrogen and oxygen atoms in total. The van der Waals surface area contributed by atoms with Gasteiger partial charge in [-0.25, -0.2) is 0 Å². The standard InChI is InChI=1S/C11H24N2S/c1-9(2)6-7-10(13-12)8-14-11(3,4)5/h10,13H,1,6-8,12H2,2-5H3. The summed E-state index contributed by atoms with van der Waals surface area (Å²) in [6.07, 6.45) is 2.13. The first kappa shape index (κ1) is 14.0. The van der Waals surface area contributed by atoms with Gasteiger partial charge in [0.2, 0.25) is 0 Å². The molecule has 0 aliphatic carbocycles. The molecular formula is C11H24N2S. The third-order valence-corrected chi connectivity index (χ3v) is 3.31. The average Bonchev–Trinajstić information content (AvgIpc) is 2.02. The van der Waals surface area contributed by atoms with Crippen LogP contribution in [0, 0.1) is 0 Å². The fourth-order valence-corrected chi connectivity index (χ4v) is 1.95. The maximum Gasteiger partial charge on any atom is 0.0304 e. The van der Waals surface area contributed by atoms with Gasteiger partial charge < -0.3 is 0 Å². The topological polar surface area (TPSA) is 38.0 Å². The maximum atomic E-state index is 5.50. The zero-order chi connectivity index (χ0) is 11.2. The van der Waals surface area contributed by atoms with Gasteiger partial charge in [-0.1, -0.05) is 26.3 Å². The molecule has 0 aromatic rings. The first-order chi connectivity index (χ1) is 6.35. The van der Waals surface area contributed by atoms with Gasteiger partial charge in [-0.05, 0) is 19.8 Å². The molecule has 0 fully saturated rings. The molecule has 1 atom stereocenters. The van der Waals surface area contributed by atoms with E-state index in [1.807, 2.05) is 11.8 Å². The van der Waals surface area contributed by atoms with E-state index >= 15 is 0 Å².